The summed E-state index contributed by atoms with van der Waals surface area (Å²) < 4.78 is 5.58. The van der Waals surface area contributed by atoms with Gasteiger partial charge in [0, 0.05) is 0 Å². The maximum Gasteiger partial charge on any atom is 0.309 e. The second-order valence-corrected chi connectivity index (χ2v) is 5.42. The fourth-order valence-electron chi connectivity index (χ4n) is 3.80. The van der Waals surface area contributed by atoms with Gasteiger partial charge in [-0.15, -0.1) is 0 Å². The van der Waals surface area contributed by atoms with Crippen molar-refractivity contribution >= 4 is 5.97 Å². The summed E-state index contributed by atoms with van der Waals surface area (Å²) in [6.07, 6.45) is 5.79. The van der Waals surface area contributed by atoms with E-state index >= 15 is 0 Å². The van der Waals surface area contributed by atoms with Crippen LogP contribution in [0.3, 0.4) is 0 Å². The van der Waals surface area contributed by atoms with Crippen molar-refractivity contribution in [3.63, 3.8) is 0 Å². The van der Waals surface area contributed by atoms with Crippen LogP contribution in [0.4, 0.5) is 0 Å². The fraction of sp³-hybridized carbons (Fsp3) is 0.909. The molecule has 13 heavy (non-hydrogen) atoms. The number of carbonyl (C=O) groups is 1. The minimum Gasteiger partial charge on any atom is -0.459 e. The molecule has 2 unspecified atom stereocenters. The van der Waals surface area contributed by atoms with Gasteiger partial charge in [-0.05, 0) is 50.9 Å². The second kappa shape index (κ2) is 2.28. The van der Waals surface area contributed by atoms with Crippen molar-refractivity contribution in [1.29, 1.82) is 0 Å². The van der Waals surface area contributed by atoms with Crippen LogP contribution in [0.15, 0.2) is 0 Å². The van der Waals surface area contributed by atoms with Crippen LogP contribution in [-0.4, -0.2) is 11.6 Å². The van der Waals surface area contributed by atoms with E-state index in [2.05, 4.69) is 6.92 Å². The summed E-state index contributed by atoms with van der Waals surface area (Å²) >= 11 is 0. The molecule has 2 atom stereocenters. The predicted octanol–water partition coefficient (Wildman–Crippen LogP) is 2.13. The van der Waals surface area contributed by atoms with E-state index in [1.165, 1.54) is 6.42 Å². The molecule has 4 aliphatic rings. The van der Waals surface area contributed by atoms with Gasteiger partial charge in [-0.1, -0.05) is 0 Å². The molecular weight excluding hydrogens is 164 g/mol. The van der Waals surface area contributed by atoms with E-state index in [9.17, 15) is 4.79 Å². The van der Waals surface area contributed by atoms with Crippen molar-refractivity contribution in [2.24, 2.45) is 17.8 Å². The highest BCUT2D eigenvalue weighted by atomic mass is 16.6. The third-order valence-corrected chi connectivity index (χ3v) is 4.02. The Balaban J connectivity index is 2.01. The largest absolute Gasteiger partial charge is 0.459 e. The van der Waals surface area contributed by atoms with Crippen LogP contribution in [0, 0.1) is 17.8 Å². The third-order valence-electron chi connectivity index (χ3n) is 4.02. The van der Waals surface area contributed by atoms with E-state index in [1.54, 1.807) is 0 Å². The molecule has 0 aromatic carbocycles. The number of ether oxygens (including phenoxy) is 1. The summed E-state index contributed by atoms with van der Waals surface area (Å²) in [4.78, 5) is 11.6. The summed E-state index contributed by atoms with van der Waals surface area (Å²) in [6.45, 7) is 2.12. The Morgan fingerprint density at radius 1 is 1.23 bits per heavy atom. The third kappa shape index (κ3) is 1.11. The molecule has 0 N–H and O–H groups in total. The van der Waals surface area contributed by atoms with Crippen LogP contribution >= 0.6 is 0 Å². The molecule has 0 spiro atoms. The number of esters is 1. The average molecular weight is 180 g/mol. The van der Waals surface area contributed by atoms with E-state index in [0.29, 0.717) is 0 Å². The normalized spacial score (nSPS) is 53.3. The Hall–Kier alpha value is -0.530. The molecular formula is C11H16O2. The number of hydrogen-bond donors (Lipinski definition) is 0. The van der Waals surface area contributed by atoms with Crippen molar-refractivity contribution < 1.29 is 9.53 Å². The van der Waals surface area contributed by atoms with Gasteiger partial charge in [0.15, 0.2) is 0 Å². The standard InChI is InChI=1S/C11H16O2/c1-11-5-7-2-8(6-11)4-9(3-7)10(12)13-11/h7-9H,2-6H2,1H3. The summed E-state index contributed by atoms with van der Waals surface area (Å²) in [5.41, 5.74) is -0.101. The lowest BCUT2D eigenvalue weighted by molar-refractivity contribution is -0.160. The number of fused-ring (bicyclic) bond motifs is 1. The highest BCUT2D eigenvalue weighted by molar-refractivity contribution is 5.73. The minimum atomic E-state index is -0.101. The van der Waals surface area contributed by atoms with Gasteiger partial charge in [0.2, 0.25) is 0 Å². The van der Waals surface area contributed by atoms with Gasteiger partial charge < -0.3 is 4.74 Å². The maximum atomic E-state index is 11.6. The Bertz CT molecular complexity index is 245. The quantitative estimate of drug-likeness (QED) is 0.534. The van der Waals surface area contributed by atoms with Crippen molar-refractivity contribution in [3.8, 4) is 0 Å². The first-order valence-electron chi connectivity index (χ1n) is 5.37. The highest BCUT2D eigenvalue weighted by Crippen LogP contribution is 2.51. The van der Waals surface area contributed by atoms with Gasteiger partial charge in [-0.3, -0.25) is 4.79 Å². The van der Waals surface area contributed by atoms with E-state index in [0.717, 1.165) is 37.5 Å². The fourth-order valence-corrected chi connectivity index (χ4v) is 3.80. The summed E-state index contributed by atoms with van der Waals surface area (Å²) in [7, 11) is 0. The number of hydrogen-bond acceptors (Lipinski definition) is 2. The number of rotatable bonds is 0. The van der Waals surface area contributed by atoms with Crippen LogP contribution < -0.4 is 0 Å². The monoisotopic (exact) mass is 180 g/mol. The Labute approximate surface area is 78.6 Å². The van der Waals surface area contributed by atoms with Crippen molar-refractivity contribution in [2.45, 2.75) is 44.6 Å². The first-order chi connectivity index (χ1) is 6.15. The zero-order valence-corrected chi connectivity index (χ0v) is 8.08. The molecule has 2 aliphatic carbocycles. The predicted molar refractivity (Wildman–Crippen MR) is 48.1 cm³/mol. The van der Waals surface area contributed by atoms with Gasteiger partial charge in [0.1, 0.15) is 5.60 Å². The first-order valence-corrected chi connectivity index (χ1v) is 5.37. The molecule has 72 valence electrons. The highest BCUT2D eigenvalue weighted by Gasteiger charge is 2.49. The lowest BCUT2D eigenvalue weighted by Gasteiger charge is -2.41. The first kappa shape index (κ1) is 7.84. The molecule has 4 bridgehead atoms. The summed E-state index contributed by atoms with van der Waals surface area (Å²) in [5, 5.41) is 0. The SMILES string of the molecule is CC12CC3CC(CC(C3)C(=O)O1)C2. The van der Waals surface area contributed by atoms with E-state index in [1.807, 2.05) is 0 Å². The van der Waals surface area contributed by atoms with Crippen molar-refractivity contribution in [2.75, 3.05) is 0 Å². The molecule has 4 rings (SSSR count). The summed E-state index contributed by atoms with van der Waals surface area (Å²) in [5.74, 6) is 1.88. The van der Waals surface area contributed by atoms with Gasteiger partial charge in [-0.25, -0.2) is 0 Å². The van der Waals surface area contributed by atoms with Crippen LogP contribution in [0.2, 0.25) is 0 Å². The van der Waals surface area contributed by atoms with E-state index in [4.69, 9.17) is 4.74 Å². The molecule has 0 aromatic rings. The van der Waals surface area contributed by atoms with Crippen LogP contribution in [0.5, 0.6) is 0 Å². The molecule has 2 saturated heterocycles. The molecule has 2 saturated carbocycles. The molecule has 0 aromatic heterocycles. The lowest BCUT2D eigenvalue weighted by atomic mass is 9.65. The number of carbonyl (C=O) groups excluding carboxylic acids is 1. The Morgan fingerprint density at radius 3 is 2.46 bits per heavy atom. The minimum absolute atomic E-state index is 0.0900. The van der Waals surface area contributed by atoms with E-state index in [-0.39, 0.29) is 17.5 Å². The van der Waals surface area contributed by atoms with Gasteiger partial charge in [-0.2, -0.15) is 0 Å². The molecule has 2 heterocycles. The lowest BCUT2D eigenvalue weighted by Crippen LogP contribution is -2.38. The smallest absolute Gasteiger partial charge is 0.309 e. The maximum absolute atomic E-state index is 11.6. The molecule has 2 aliphatic heterocycles. The van der Waals surface area contributed by atoms with Crippen LogP contribution in [-0.2, 0) is 9.53 Å². The van der Waals surface area contributed by atoms with E-state index < -0.39 is 0 Å². The van der Waals surface area contributed by atoms with Gasteiger partial charge >= 0.3 is 5.97 Å². The average Bonchev–Trinajstić information content (AvgIpc) is 2.11. The Morgan fingerprint density at radius 2 is 1.85 bits per heavy atom. The van der Waals surface area contributed by atoms with Gasteiger partial charge in [0.25, 0.3) is 0 Å². The topological polar surface area (TPSA) is 26.3 Å². The molecule has 2 nitrogen and oxygen atoms in total. The summed E-state index contributed by atoms with van der Waals surface area (Å²) in [6, 6.07) is 0. The van der Waals surface area contributed by atoms with Crippen LogP contribution in [0.25, 0.3) is 0 Å². The van der Waals surface area contributed by atoms with Gasteiger partial charge in [0.05, 0.1) is 5.92 Å². The zero-order chi connectivity index (χ0) is 9.05. The molecule has 0 radical (unpaired) electrons. The second-order valence-electron chi connectivity index (χ2n) is 5.42. The molecule has 2 heteroatoms. The zero-order valence-electron chi connectivity index (χ0n) is 8.08. The van der Waals surface area contributed by atoms with Crippen molar-refractivity contribution in [1.82, 2.24) is 0 Å². The molecule has 4 fully saturated rings. The van der Waals surface area contributed by atoms with Crippen molar-refractivity contribution in [3.05, 3.63) is 0 Å². The molecule has 0 amide bonds. The van der Waals surface area contributed by atoms with Crippen LogP contribution in [0.1, 0.15) is 39.0 Å². The Kier molecular flexibility index (Phi) is 1.38.